The molecular formula is C9H12N2O3. The summed E-state index contributed by atoms with van der Waals surface area (Å²) < 4.78 is 0. The number of H-pyrrole nitrogens is 1. The highest BCUT2D eigenvalue weighted by molar-refractivity contribution is 5.92. The number of nitrogens with one attached hydrogen (secondary N) is 1. The van der Waals surface area contributed by atoms with Gasteiger partial charge in [-0.15, -0.1) is 0 Å². The van der Waals surface area contributed by atoms with Crippen molar-refractivity contribution in [3.63, 3.8) is 0 Å². The standard InChI is InChI=1S/C9H12N2O3/c1-6-4-5-7(8(12)10-6)9(13)11(2)14-3/h4-5H,1-3H3,(H,10,12). The maximum absolute atomic E-state index is 11.5. The maximum atomic E-state index is 11.5. The molecule has 0 spiro atoms. The average molecular weight is 196 g/mol. The fourth-order valence-electron chi connectivity index (χ4n) is 0.993. The normalized spacial score (nSPS) is 9.93. The summed E-state index contributed by atoms with van der Waals surface area (Å²) in [7, 11) is 2.81. The van der Waals surface area contributed by atoms with Gasteiger partial charge in [-0.05, 0) is 19.1 Å². The predicted molar refractivity (Wildman–Crippen MR) is 50.9 cm³/mol. The molecule has 14 heavy (non-hydrogen) atoms. The number of hydroxylamine groups is 2. The highest BCUT2D eigenvalue weighted by atomic mass is 16.7. The average Bonchev–Trinajstić information content (AvgIpc) is 2.15. The molecule has 1 heterocycles. The van der Waals surface area contributed by atoms with Crippen LogP contribution in [-0.2, 0) is 4.84 Å². The number of pyridine rings is 1. The molecule has 1 amide bonds. The molecule has 0 aliphatic heterocycles. The van der Waals surface area contributed by atoms with Crippen LogP contribution < -0.4 is 5.56 Å². The first-order valence-electron chi connectivity index (χ1n) is 4.08. The van der Waals surface area contributed by atoms with E-state index in [1.54, 1.807) is 13.0 Å². The molecule has 1 rings (SSSR count). The molecule has 0 fully saturated rings. The van der Waals surface area contributed by atoms with Gasteiger partial charge in [0.1, 0.15) is 5.56 Å². The second kappa shape index (κ2) is 4.06. The third kappa shape index (κ3) is 2.00. The molecule has 1 aromatic heterocycles. The van der Waals surface area contributed by atoms with Crippen LogP contribution in [0.4, 0.5) is 0 Å². The Balaban J connectivity index is 3.08. The molecule has 0 aromatic carbocycles. The van der Waals surface area contributed by atoms with Gasteiger partial charge >= 0.3 is 0 Å². The van der Waals surface area contributed by atoms with Crippen molar-refractivity contribution in [2.75, 3.05) is 14.2 Å². The Labute approximate surface area is 81.3 Å². The Hall–Kier alpha value is -1.62. The first-order chi connectivity index (χ1) is 6.56. The second-order valence-electron chi connectivity index (χ2n) is 2.87. The highest BCUT2D eigenvalue weighted by Gasteiger charge is 2.14. The van der Waals surface area contributed by atoms with E-state index in [-0.39, 0.29) is 5.56 Å². The summed E-state index contributed by atoms with van der Waals surface area (Å²) >= 11 is 0. The molecule has 1 aromatic rings. The van der Waals surface area contributed by atoms with E-state index in [0.717, 1.165) is 5.06 Å². The molecule has 1 N–H and O–H groups in total. The number of carbonyl (C=O) groups is 1. The largest absolute Gasteiger partial charge is 0.326 e. The molecular weight excluding hydrogens is 184 g/mol. The monoisotopic (exact) mass is 196 g/mol. The lowest BCUT2D eigenvalue weighted by molar-refractivity contribution is -0.0758. The van der Waals surface area contributed by atoms with Crippen molar-refractivity contribution < 1.29 is 9.63 Å². The van der Waals surface area contributed by atoms with Gasteiger partial charge in [0.2, 0.25) is 0 Å². The van der Waals surface area contributed by atoms with E-state index in [1.165, 1.54) is 20.2 Å². The maximum Gasteiger partial charge on any atom is 0.282 e. The number of aromatic amines is 1. The minimum absolute atomic E-state index is 0.0694. The van der Waals surface area contributed by atoms with Gasteiger partial charge in [0.15, 0.2) is 0 Å². The number of hydrogen-bond donors (Lipinski definition) is 1. The summed E-state index contributed by atoms with van der Waals surface area (Å²) in [5, 5.41) is 1.000. The van der Waals surface area contributed by atoms with Crippen LogP contribution >= 0.6 is 0 Å². The first kappa shape index (κ1) is 10.5. The van der Waals surface area contributed by atoms with Crippen molar-refractivity contribution in [2.24, 2.45) is 0 Å². The van der Waals surface area contributed by atoms with Crippen LogP contribution in [0, 0.1) is 6.92 Å². The summed E-state index contributed by atoms with van der Waals surface area (Å²) in [4.78, 5) is 30.1. The van der Waals surface area contributed by atoms with Gasteiger partial charge < -0.3 is 4.98 Å². The molecule has 0 atom stereocenters. The molecule has 0 unspecified atom stereocenters. The lowest BCUT2D eigenvalue weighted by atomic mass is 10.2. The van der Waals surface area contributed by atoms with Crippen molar-refractivity contribution in [2.45, 2.75) is 6.92 Å². The lowest BCUT2D eigenvalue weighted by Gasteiger charge is -2.12. The van der Waals surface area contributed by atoms with Crippen LogP contribution in [0.5, 0.6) is 0 Å². The van der Waals surface area contributed by atoms with Crippen LogP contribution in [0.3, 0.4) is 0 Å². The van der Waals surface area contributed by atoms with Gasteiger partial charge in [-0.3, -0.25) is 14.4 Å². The Bertz CT molecular complexity index is 397. The molecule has 0 saturated carbocycles. The summed E-state index contributed by atoms with van der Waals surface area (Å²) in [5.74, 6) is -0.464. The number of rotatable bonds is 2. The van der Waals surface area contributed by atoms with Gasteiger partial charge in [-0.2, -0.15) is 0 Å². The summed E-state index contributed by atoms with van der Waals surface area (Å²) in [6, 6.07) is 3.14. The lowest BCUT2D eigenvalue weighted by Crippen LogP contribution is -2.30. The van der Waals surface area contributed by atoms with Crippen molar-refractivity contribution in [3.05, 3.63) is 33.7 Å². The van der Waals surface area contributed by atoms with E-state index >= 15 is 0 Å². The third-order valence-corrected chi connectivity index (χ3v) is 1.85. The molecule has 0 aliphatic carbocycles. The molecule has 0 radical (unpaired) electrons. The van der Waals surface area contributed by atoms with Crippen LogP contribution in [-0.4, -0.2) is 30.1 Å². The summed E-state index contributed by atoms with van der Waals surface area (Å²) in [5.41, 5.74) is 0.380. The number of nitrogens with zero attached hydrogens (tertiary/aromatic N) is 1. The molecule has 0 saturated heterocycles. The van der Waals surface area contributed by atoms with E-state index in [9.17, 15) is 9.59 Å². The zero-order valence-electron chi connectivity index (χ0n) is 8.33. The smallest absolute Gasteiger partial charge is 0.282 e. The Morgan fingerprint density at radius 3 is 2.64 bits per heavy atom. The van der Waals surface area contributed by atoms with Gasteiger partial charge in [-0.1, -0.05) is 0 Å². The second-order valence-corrected chi connectivity index (χ2v) is 2.87. The molecule has 0 bridgehead atoms. The number of aromatic nitrogens is 1. The number of hydrogen-bond acceptors (Lipinski definition) is 3. The number of aryl methyl sites for hydroxylation is 1. The van der Waals surface area contributed by atoms with Crippen LogP contribution in [0.25, 0.3) is 0 Å². The van der Waals surface area contributed by atoms with Crippen LogP contribution in [0.1, 0.15) is 16.1 Å². The van der Waals surface area contributed by atoms with Crippen molar-refractivity contribution in [1.29, 1.82) is 0 Å². The van der Waals surface area contributed by atoms with E-state index < -0.39 is 11.5 Å². The van der Waals surface area contributed by atoms with Gasteiger partial charge in [0.25, 0.3) is 11.5 Å². The summed E-state index contributed by atoms with van der Waals surface area (Å²) in [6.07, 6.45) is 0. The Morgan fingerprint density at radius 2 is 2.14 bits per heavy atom. The van der Waals surface area contributed by atoms with Crippen molar-refractivity contribution in [3.8, 4) is 0 Å². The Morgan fingerprint density at radius 1 is 1.50 bits per heavy atom. The van der Waals surface area contributed by atoms with Crippen molar-refractivity contribution in [1.82, 2.24) is 10.0 Å². The van der Waals surface area contributed by atoms with Crippen LogP contribution in [0.15, 0.2) is 16.9 Å². The number of amides is 1. The van der Waals surface area contributed by atoms with Gasteiger partial charge in [0, 0.05) is 12.7 Å². The molecule has 5 heteroatoms. The van der Waals surface area contributed by atoms with E-state index in [4.69, 9.17) is 0 Å². The molecule has 5 nitrogen and oxygen atoms in total. The van der Waals surface area contributed by atoms with Gasteiger partial charge in [-0.25, -0.2) is 5.06 Å². The number of carbonyl (C=O) groups excluding carboxylic acids is 1. The highest BCUT2D eigenvalue weighted by Crippen LogP contribution is 1.98. The fourth-order valence-corrected chi connectivity index (χ4v) is 0.993. The van der Waals surface area contributed by atoms with Crippen molar-refractivity contribution >= 4 is 5.91 Å². The topological polar surface area (TPSA) is 62.4 Å². The van der Waals surface area contributed by atoms with Gasteiger partial charge in [0.05, 0.1) is 7.11 Å². The minimum Gasteiger partial charge on any atom is -0.326 e. The predicted octanol–water partition coefficient (Wildman–Crippen LogP) is 0.317. The van der Waals surface area contributed by atoms with E-state index in [0.29, 0.717) is 5.69 Å². The molecule has 0 aliphatic rings. The minimum atomic E-state index is -0.464. The SMILES string of the molecule is CON(C)C(=O)c1ccc(C)[nH]c1=O. The van der Waals surface area contributed by atoms with Crippen LogP contribution in [0.2, 0.25) is 0 Å². The quantitative estimate of drug-likeness (QED) is 0.693. The van der Waals surface area contributed by atoms with E-state index in [2.05, 4.69) is 9.82 Å². The zero-order valence-corrected chi connectivity index (χ0v) is 8.33. The third-order valence-electron chi connectivity index (χ3n) is 1.85. The summed E-state index contributed by atoms with van der Waals surface area (Å²) in [6.45, 7) is 1.75. The Kier molecular flexibility index (Phi) is 3.03. The van der Waals surface area contributed by atoms with E-state index in [1.807, 2.05) is 0 Å². The fraction of sp³-hybridized carbons (Fsp3) is 0.333. The zero-order chi connectivity index (χ0) is 10.7. The first-order valence-corrected chi connectivity index (χ1v) is 4.08. The molecule has 76 valence electrons.